The number of ether oxygens (including phenoxy) is 1. The van der Waals surface area contributed by atoms with Gasteiger partial charge < -0.3 is 9.84 Å². The standard InChI is InChI=1S/C12H24O2/c1-11(2)5-3-4-6-12(13)7-9-14-10-8-12/h11,13H,3-10H2,1-2H3. The molecular weight excluding hydrogens is 176 g/mol. The summed E-state index contributed by atoms with van der Waals surface area (Å²) in [7, 11) is 0. The maximum atomic E-state index is 10.2. The Morgan fingerprint density at radius 3 is 2.43 bits per heavy atom. The van der Waals surface area contributed by atoms with Gasteiger partial charge in [-0.2, -0.15) is 0 Å². The van der Waals surface area contributed by atoms with Crippen molar-refractivity contribution < 1.29 is 9.84 Å². The van der Waals surface area contributed by atoms with Gasteiger partial charge in [-0.15, -0.1) is 0 Å². The minimum absolute atomic E-state index is 0.408. The number of hydrogen-bond acceptors (Lipinski definition) is 2. The third kappa shape index (κ3) is 4.43. The van der Waals surface area contributed by atoms with Crippen LogP contribution in [-0.2, 0) is 4.74 Å². The third-order valence-electron chi connectivity index (χ3n) is 3.10. The monoisotopic (exact) mass is 200 g/mol. The number of hydrogen-bond donors (Lipinski definition) is 1. The van der Waals surface area contributed by atoms with E-state index < -0.39 is 5.60 Å². The van der Waals surface area contributed by atoms with E-state index in [0.717, 1.165) is 44.8 Å². The Balaban J connectivity index is 2.09. The van der Waals surface area contributed by atoms with Crippen LogP contribution in [0.1, 0.15) is 52.4 Å². The molecule has 1 heterocycles. The van der Waals surface area contributed by atoms with E-state index in [1.54, 1.807) is 0 Å². The molecule has 0 bridgehead atoms. The van der Waals surface area contributed by atoms with E-state index in [9.17, 15) is 5.11 Å². The van der Waals surface area contributed by atoms with Crippen molar-refractivity contribution in [3.05, 3.63) is 0 Å². The Labute approximate surface area is 87.7 Å². The zero-order valence-corrected chi connectivity index (χ0v) is 9.59. The van der Waals surface area contributed by atoms with Gasteiger partial charge in [0, 0.05) is 13.2 Å². The molecular formula is C12H24O2. The molecule has 84 valence electrons. The van der Waals surface area contributed by atoms with Gasteiger partial charge in [-0.1, -0.05) is 33.1 Å². The van der Waals surface area contributed by atoms with Gasteiger partial charge in [0.05, 0.1) is 5.60 Å². The van der Waals surface area contributed by atoms with E-state index >= 15 is 0 Å². The van der Waals surface area contributed by atoms with Crippen LogP contribution >= 0.6 is 0 Å². The van der Waals surface area contributed by atoms with Crippen LogP contribution in [0.4, 0.5) is 0 Å². The first-order valence-electron chi connectivity index (χ1n) is 5.92. The maximum Gasteiger partial charge on any atom is 0.0691 e. The first-order valence-corrected chi connectivity index (χ1v) is 5.92. The van der Waals surface area contributed by atoms with Crippen LogP contribution in [0.2, 0.25) is 0 Å². The van der Waals surface area contributed by atoms with Crippen molar-refractivity contribution in [1.29, 1.82) is 0 Å². The van der Waals surface area contributed by atoms with Crippen molar-refractivity contribution in [3.63, 3.8) is 0 Å². The number of unbranched alkanes of at least 4 members (excludes halogenated alkanes) is 1. The van der Waals surface area contributed by atoms with Gasteiger partial charge in [-0.05, 0) is 25.2 Å². The number of aliphatic hydroxyl groups is 1. The molecule has 0 aromatic carbocycles. The van der Waals surface area contributed by atoms with Gasteiger partial charge in [-0.3, -0.25) is 0 Å². The van der Waals surface area contributed by atoms with E-state index in [1.165, 1.54) is 12.8 Å². The normalized spacial score (nSPS) is 21.4. The van der Waals surface area contributed by atoms with Gasteiger partial charge in [0.1, 0.15) is 0 Å². The highest BCUT2D eigenvalue weighted by Crippen LogP contribution is 2.26. The molecule has 0 radical (unpaired) electrons. The summed E-state index contributed by atoms with van der Waals surface area (Å²) in [6.07, 6.45) is 6.31. The highest BCUT2D eigenvalue weighted by molar-refractivity contribution is 4.80. The van der Waals surface area contributed by atoms with Crippen molar-refractivity contribution in [2.75, 3.05) is 13.2 Å². The Morgan fingerprint density at radius 1 is 1.21 bits per heavy atom. The maximum absolute atomic E-state index is 10.2. The Hall–Kier alpha value is -0.0800. The van der Waals surface area contributed by atoms with Gasteiger partial charge in [0.15, 0.2) is 0 Å². The van der Waals surface area contributed by atoms with Crippen molar-refractivity contribution in [1.82, 2.24) is 0 Å². The predicted molar refractivity (Wildman–Crippen MR) is 58.3 cm³/mol. The van der Waals surface area contributed by atoms with Gasteiger partial charge in [0.25, 0.3) is 0 Å². The highest BCUT2D eigenvalue weighted by atomic mass is 16.5. The summed E-state index contributed by atoms with van der Waals surface area (Å²) in [5, 5.41) is 10.2. The second kappa shape index (κ2) is 5.72. The second-order valence-electron chi connectivity index (χ2n) is 4.98. The van der Waals surface area contributed by atoms with Crippen LogP contribution in [0.3, 0.4) is 0 Å². The molecule has 2 nitrogen and oxygen atoms in total. The second-order valence-corrected chi connectivity index (χ2v) is 4.98. The molecule has 14 heavy (non-hydrogen) atoms. The first kappa shape index (κ1) is 12.0. The molecule has 0 saturated carbocycles. The van der Waals surface area contributed by atoms with Crippen molar-refractivity contribution in [2.24, 2.45) is 5.92 Å². The topological polar surface area (TPSA) is 29.5 Å². The minimum atomic E-state index is -0.408. The number of rotatable bonds is 5. The molecule has 0 aliphatic carbocycles. The SMILES string of the molecule is CC(C)CCCCC1(O)CCOCC1. The van der Waals surface area contributed by atoms with Crippen LogP contribution in [0.5, 0.6) is 0 Å². The molecule has 1 saturated heterocycles. The smallest absolute Gasteiger partial charge is 0.0691 e. The van der Waals surface area contributed by atoms with Crippen LogP contribution in [-0.4, -0.2) is 23.9 Å². The van der Waals surface area contributed by atoms with Gasteiger partial charge in [-0.25, -0.2) is 0 Å². The fraction of sp³-hybridized carbons (Fsp3) is 1.00. The van der Waals surface area contributed by atoms with Gasteiger partial charge >= 0.3 is 0 Å². The van der Waals surface area contributed by atoms with Crippen LogP contribution in [0.25, 0.3) is 0 Å². The third-order valence-corrected chi connectivity index (χ3v) is 3.10. The van der Waals surface area contributed by atoms with Crippen LogP contribution < -0.4 is 0 Å². The highest BCUT2D eigenvalue weighted by Gasteiger charge is 2.28. The van der Waals surface area contributed by atoms with E-state index in [4.69, 9.17) is 4.74 Å². The van der Waals surface area contributed by atoms with Crippen LogP contribution in [0, 0.1) is 5.92 Å². The summed E-state index contributed by atoms with van der Waals surface area (Å²) in [5.74, 6) is 0.791. The molecule has 1 aliphatic heterocycles. The molecule has 1 fully saturated rings. The summed E-state index contributed by atoms with van der Waals surface area (Å²) in [5.41, 5.74) is -0.408. The molecule has 2 heteroatoms. The molecule has 0 aromatic rings. The lowest BCUT2D eigenvalue weighted by Crippen LogP contribution is -2.35. The van der Waals surface area contributed by atoms with E-state index in [2.05, 4.69) is 13.8 Å². The van der Waals surface area contributed by atoms with E-state index in [1.807, 2.05) is 0 Å². The fourth-order valence-electron chi connectivity index (χ4n) is 2.01. The molecule has 1 aliphatic rings. The summed E-state index contributed by atoms with van der Waals surface area (Å²) in [6, 6.07) is 0. The Kier molecular flexibility index (Phi) is 4.90. The zero-order chi connectivity index (χ0) is 10.4. The Bertz CT molecular complexity index is 148. The lowest BCUT2D eigenvalue weighted by Gasteiger charge is -2.32. The average molecular weight is 200 g/mol. The quantitative estimate of drug-likeness (QED) is 0.691. The molecule has 1 rings (SSSR count). The van der Waals surface area contributed by atoms with E-state index in [-0.39, 0.29) is 0 Å². The molecule has 0 unspecified atom stereocenters. The summed E-state index contributed by atoms with van der Waals surface area (Å²) in [6.45, 7) is 5.98. The zero-order valence-electron chi connectivity index (χ0n) is 9.59. The predicted octanol–water partition coefficient (Wildman–Crippen LogP) is 2.74. The molecule has 0 amide bonds. The summed E-state index contributed by atoms with van der Waals surface area (Å²) >= 11 is 0. The average Bonchev–Trinajstić information content (AvgIpc) is 2.14. The molecule has 0 spiro atoms. The summed E-state index contributed by atoms with van der Waals surface area (Å²) < 4.78 is 5.25. The fourth-order valence-corrected chi connectivity index (χ4v) is 2.01. The van der Waals surface area contributed by atoms with Crippen molar-refractivity contribution in [3.8, 4) is 0 Å². The summed E-state index contributed by atoms with van der Waals surface area (Å²) in [4.78, 5) is 0. The van der Waals surface area contributed by atoms with Gasteiger partial charge in [0.2, 0.25) is 0 Å². The lowest BCUT2D eigenvalue weighted by molar-refractivity contribution is -0.0691. The van der Waals surface area contributed by atoms with Crippen LogP contribution in [0.15, 0.2) is 0 Å². The first-order chi connectivity index (χ1) is 6.62. The molecule has 1 N–H and O–H groups in total. The van der Waals surface area contributed by atoms with Crippen molar-refractivity contribution in [2.45, 2.75) is 58.0 Å². The Morgan fingerprint density at radius 2 is 1.86 bits per heavy atom. The largest absolute Gasteiger partial charge is 0.390 e. The molecule has 0 aromatic heterocycles. The van der Waals surface area contributed by atoms with E-state index in [0.29, 0.717) is 0 Å². The van der Waals surface area contributed by atoms with Crippen molar-refractivity contribution >= 4 is 0 Å². The molecule has 0 atom stereocenters. The minimum Gasteiger partial charge on any atom is -0.390 e. The lowest BCUT2D eigenvalue weighted by atomic mass is 9.88.